The molecule has 27 heavy (non-hydrogen) atoms. The van der Waals surface area contributed by atoms with Crippen molar-refractivity contribution < 1.29 is 4.74 Å². The molecule has 5 nitrogen and oxygen atoms in total. The summed E-state index contributed by atoms with van der Waals surface area (Å²) in [7, 11) is 1.65. The van der Waals surface area contributed by atoms with Crippen molar-refractivity contribution in [3.63, 3.8) is 0 Å². The van der Waals surface area contributed by atoms with E-state index in [4.69, 9.17) is 4.74 Å². The van der Waals surface area contributed by atoms with Crippen LogP contribution in [0.2, 0.25) is 0 Å². The van der Waals surface area contributed by atoms with Crippen molar-refractivity contribution in [1.29, 1.82) is 5.26 Å². The van der Waals surface area contributed by atoms with Gasteiger partial charge in [0.1, 0.15) is 5.75 Å². The SMILES string of the molecule is COc1ccc(-c2nnc(SC(C)C#N)n2-c2ccccc2C(C)C)cc1. The Morgan fingerprint density at radius 2 is 1.74 bits per heavy atom. The molecule has 0 N–H and O–H groups in total. The quantitative estimate of drug-likeness (QED) is 0.560. The van der Waals surface area contributed by atoms with Gasteiger partial charge in [0, 0.05) is 5.56 Å². The summed E-state index contributed by atoms with van der Waals surface area (Å²) in [5.41, 5.74) is 3.19. The highest BCUT2D eigenvalue weighted by molar-refractivity contribution is 8.00. The number of rotatable bonds is 6. The number of nitrogens with zero attached hydrogens (tertiary/aromatic N) is 4. The third-order valence-electron chi connectivity index (χ3n) is 4.25. The van der Waals surface area contributed by atoms with E-state index in [0.717, 1.165) is 22.8 Å². The Morgan fingerprint density at radius 1 is 1.04 bits per heavy atom. The van der Waals surface area contributed by atoms with Gasteiger partial charge in [-0.2, -0.15) is 5.26 Å². The second-order valence-electron chi connectivity index (χ2n) is 6.47. The Hall–Kier alpha value is -2.78. The molecule has 1 aromatic heterocycles. The summed E-state index contributed by atoms with van der Waals surface area (Å²) in [5.74, 6) is 1.89. The number of thioether (sulfide) groups is 1. The van der Waals surface area contributed by atoms with E-state index in [2.05, 4.69) is 46.8 Å². The minimum Gasteiger partial charge on any atom is -0.497 e. The smallest absolute Gasteiger partial charge is 0.197 e. The number of ether oxygens (including phenoxy) is 1. The number of hydrogen-bond acceptors (Lipinski definition) is 5. The molecule has 0 fully saturated rings. The second kappa shape index (κ2) is 8.28. The molecule has 0 aliphatic carbocycles. The van der Waals surface area contributed by atoms with Crippen LogP contribution in [0.4, 0.5) is 0 Å². The standard InChI is InChI=1S/C21H22N4OS/c1-14(2)18-7-5-6-8-19(18)25-20(16-9-11-17(26-4)12-10-16)23-24-21(25)27-15(3)13-22/h5-12,14-15H,1-4H3. The largest absolute Gasteiger partial charge is 0.497 e. The molecule has 0 spiro atoms. The van der Waals surface area contributed by atoms with E-state index in [9.17, 15) is 5.26 Å². The summed E-state index contributed by atoms with van der Waals surface area (Å²) in [6, 6.07) is 18.3. The van der Waals surface area contributed by atoms with Crippen LogP contribution in [0.1, 0.15) is 32.3 Å². The Morgan fingerprint density at radius 3 is 2.37 bits per heavy atom. The lowest BCUT2D eigenvalue weighted by molar-refractivity contribution is 0.415. The summed E-state index contributed by atoms with van der Waals surface area (Å²) in [5, 5.41) is 18.6. The summed E-state index contributed by atoms with van der Waals surface area (Å²) in [4.78, 5) is 0. The summed E-state index contributed by atoms with van der Waals surface area (Å²) in [6.45, 7) is 6.20. The predicted molar refractivity (Wildman–Crippen MR) is 108 cm³/mol. The first-order chi connectivity index (χ1) is 13.0. The highest BCUT2D eigenvalue weighted by atomic mass is 32.2. The van der Waals surface area contributed by atoms with Gasteiger partial charge in [0.25, 0.3) is 0 Å². The van der Waals surface area contributed by atoms with Gasteiger partial charge in [0.2, 0.25) is 0 Å². The van der Waals surface area contributed by atoms with Crippen molar-refractivity contribution >= 4 is 11.8 Å². The highest BCUT2D eigenvalue weighted by Crippen LogP contribution is 2.33. The first-order valence-corrected chi connectivity index (χ1v) is 9.68. The average molecular weight is 379 g/mol. The predicted octanol–water partition coefficient (Wildman–Crippen LogP) is 5.07. The van der Waals surface area contributed by atoms with Crippen molar-refractivity contribution in [2.75, 3.05) is 7.11 Å². The molecule has 138 valence electrons. The van der Waals surface area contributed by atoms with Crippen LogP contribution >= 0.6 is 11.8 Å². The molecule has 0 radical (unpaired) electrons. The van der Waals surface area contributed by atoms with Crippen molar-refractivity contribution in [2.24, 2.45) is 0 Å². The Labute approximate surface area is 164 Å². The van der Waals surface area contributed by atoms with E-state index in [-0.39, 0.29) is 5.25 Å². The maximum Gasteiger partial charge on any atom is 0.197 e. The normalized spacial score (nSPS) is 12.0. The lowest BCUT2D eigenvalue weighted by Gasteiger charge is -2.17. The fourth-order valence-corrected chi connectivity index (χ4v) is 3.60. The van der Waals surface area contributed by atoms with Crippen LogP contribution in [-0.4, -0.2) is 27.1 Å². The molecular formula is C21H22N4OS. The van der Waals surface area contributed by atoms with Gasteiger partial charge in [-0.1, -0.05) is 43.8 Å². The molecule has 0 saturated carbocycles. The van der Waals surface area contributed by atoms with Gasteiger partial charge in [0.05, 0.1) is 24.1 Å². The van der Waals surface area contributed by atoms with Crippen molar-refractivity contribution in [1.82, 2.24) is 14.8 Å². The lowest BCUT2D eigenvalue weighted by Crippen LogP contribution is -2.06. The molecule has 0 amide bonds. The van der Waals surface area contributed by atoms with Crippen LogP contribution < -0.4 is 4.74 Å². The molecule has 1 atom stereocenters. The van der Waals surface area contributed by atoms with E-state index in [1.807, 2.05) is 43.3 Å². The third-order valence-corrected chi connectivity index (χ3v) is 5.18. The topological polar surface area (TPSA) is 63.7 Å². The van der Waals surface area contributed by atoms with Crippen LogP contribution in [0.5, 0.6) is 5.75 Å². The van der Waals surface area contributed by atoms with Gasteiger partial charge >= 0.3 is 0 Å². The summed E-state index contributed by atoms with van der Waals surface area (Å²) >= 11 is 1.41. The number of methoxy groups -OCH3 is 1. The van der Waals surface area contributed by atoms with Crippen LogP contribution in [0, 0.1) is 11.3 Å². The minimum atomic E-state index is -0.220. The molecule has 3 aromatic rings. The van der Waals surface area contributed by atoms with Crippen LogP contribution in [0.3, 0.4) is 0 Å². The van der Waals surface area contributed by atoms with E-state index < -0.39 is 0 Å². The van der Waals surface area contributed by atoms with Crippen molar-refractivity contribution in [2.45, 2.75) is 37.1 Å². The lowest BCUT2D eigenvalue weighted by atomic mass is 10.0. The molecule has 0 saturated heterocycles. The number of aromatic nitrogens is 3. The first kappa shape index (κ1) is 19.0. The van der Waals surface area contributed by atoms with Crippen molar-refractivity contribution in [3.8, 4) is 28.9 Å². The maximum absolute atomic E-state index is 9.24. The van der Waals surface area contributed by atoms with Crippen LogP contribution in [-0.2, 0) is 0 Å². The molecule has 0 aliphatic rings. The number of nitriles is 1. The second-order valence-corrected chi connectivity index (χ2v) is 7.78. The van der Waals surface area contributed by atoms with Gasteiger partial charge in [0.15, 0.2) is 11.0 Å². The summed E-state index contributed by atoms with van der Waals surface area (Å²) in [6.07, 6.45) is 0. The van der Waals surface area contributed by atoms with E-state index in [1.54, 1.807) is 7.11 Å². The molecule has 2 aromatic carbocycles. The molecule has 6 heteroatoms. The Kier molecular flexibility index (Phi) is 5.82. The van der Waals surface area contributed by atoms with E-state index in [1.165, 1.54) is 17.3 Å². The average Bonchev–Trinajstić information content (AvgIpc) is 3.11. The molecule has 3 rings (SSSR count). The van der Waals surface area contributed by atoms with E-state index >= 15 is 0 Å². The number of benzene rings is 2. The fraction of sp³-hybridized carbons (Fsp3) is 0.286. The van der Waals surface area contributed by atoms with Crippen LogP contribution in [0.15, 0.2) is 53.7 Å². The zero-order valence-electron chi connectivity index (χ0n) is 15.9. The first-order valence-electron chi connectivity index (χ1n) is 8.80. The van der Waals surface area contributed by atoms with E-state index in [0.29, 0.717) is 11.1 Å². The van der Waals surface area contributed by atoms with Gasteiger partial charge in [-0.25, -0.2) is 0 Å². The zero-order chi connectivity index (χ0) is 19.4. The number of hydrogen-bond donors (Lipinski definition) is 0. The Balaban J connectivity index is 2.19. The minimum absolute atomic E-state index is 0.220. The number of para-hydroxylation sites is 1. The van der Waals surface area contributed by atoms with Crippen LogP contribution in [0.25, 0.3) is 17.1 Å². The van der Waals surface area contributed by atoms with Gasteiger partial charge in [-0.05, 0) is 48.7 Å². The fourth-order valence-electron chi connectivity index (χ4n) is 2.85. The maximum atomic E-state index is 9.24. The van der Waals surface area contributed by atoms with Gasteiger partial charge in [-0.3, -0.25) is 4.57 Å². The Bertz CT molecular complexity index is 957. The zero-order valence-corrected chi connectivity index (χ0v) is 16.7. The molecule has 0 aliphatic heterocycles. The molecule has 1 heterocycles. The van der Waals surface area contributed by atoms with Gasteiger partial charge < -0.3 is 4.74 Å². The third kappa shape index (κ3) is 3.99. The summed E-state index contributed by atoms with van der Waals surface area (Å²) < 4.78 is 7.31. The molecular weight excluding hydrogens is 356 g/mol. The highest BCUT2D eigenvalue weighted by Gasteiger charge is 2.20. The monoisotopic (exact) mass is 378 g/mol. The molecule has 0 bridgehead atoms. The van der Waals surface area contributed by atoms with Gasteiger partial charge in [-0.15, -0.1) is 10.2 Å². The van der Waals surface area contributed by atoms with Crippen molar-refractivity contribution in [3.05, 3.63) is 54.1 Å². The molecule has 1 unspecified atom stereocenters.